The van der Waals surface area contributed by atoms with Crippen LogP contribution >= 0.6 is 0 Å². The first-order valence-corrected chi connectivity index (χ1v) is 14.4. The second kappa shape index (κ2) is 15.6. The molecule has 5 heteroatoms. The molecule has 1 amide bonds. The van der Waals surface area contributed by atoms with Gasteiger partial charge in [0.1, 0.15) is 0 Å². The van der Waals surface area contributed by atoms with Gasteiger partial charge >= 0.3 is 6.02 Å². The summed E-state index contributed by atoms with van der Waals surface area (Å²) >= 11 is 0. The van der Waals surface area contributed by atoms with Crippen molar-refractivity contribution in [3.8, 4) is 0 Å². The number of rotatable bonds is 6. The quantitative estimate of drug-likeness (QED) is 0.388. The van der Waals surface area contributed by atoms with Crippen molar-refractivity contribution >= 4 is 23.7 Å². The van der Waals surface area contributed by atoms with Gasteiger partial charge in [0.05, 0.1) is 6.04 Å². The van der Waals surface area contributed by atoms with Crippen LogP contribution in [0.1, 0.15) is 111 Å². The summed E-state index contributed by atoms with van der Waals surface area (Å²) in [7, 11) is 0. The highest BCUT2D eigenvalue weighted by molar-refractivity contribution is 6.11. The Morgan fingerprint density at radius 1 is 0.886 bits per heavy atom. The summed E-state index contributed by atoms with van der Waals surface area (Å²) in [6.45, 7) is 14.3. The molecule has 3 fully saturated rings. The first-order valence-electron chi connectivity index (χ1n) is 14.4. The molecule has 1 heterocycles. The number of amides is 1. The Balaban J connectivity index is 0.00000103. The summed E-state index contributed by atoms with van der Waals surface area (Å²) in [6.07, 6.45) is 13.5. The summed E-state index contributed by atoms with van der Waals surface area (Å²) in [5, 5.41) is 0. The number of carbonyl (C=O) groups excluding carboxylic acids is 1. The number of hydrogen-bond donors (Lipinski definition) is 0. The van der Waals surface area contributed by atoms with E-state index in [-0.39, 0.29) is 18.0 Å². The van der Waals surface area contributed by atoms with E-state index in [1.807, 2.05) is 38.7 Å². The lowest BCUT2D eigenvalue weighted by Crippen LogP contribution is -2.41. The predicted molar refractivity (Wildman–Crippen MR) is 150 cm³/mol. The van der Waals surface area contributed by atoms with Gasteiger partial charge in [-0.15, -0.1) is 0 Å². The summed E-state index contributed by atoms with van der Waals surface area (Å²) in [4.78, 5) is 22.5. The molecule has 5 nitrogen and oxygen atoms in total. The molecule has 35 heavy (non-hydrogen) atoms. The van der Waals surface area contributed by atoms with E-state index >= 15 is 0 Å². The first-order chi connectivity index (χ1) is 17.2. The number of anilines is 1. The molecule has 0 radical (unpaired) electrons. The SMILES string of the molecule is CC.CC.CCN(CC)c1ccc(/C=C2/OC(=NC3CCCCC3)N(C3CCCCC3)C2=O)cc1. The van der Waals surface area contributed by atoms with Gasteiger partial charge in [0.15, 0.2) is 5.76 Å². The zero-order chi connectivity index (χ0) is 25.6. The van der Waals surface area contributed by atoms with E-state index in [1.165, 1.54) is 44.2 Å². The Morgan fingerprint density at radius 2 is 1.43 bits per heavy atom. The van der Waals surface area contributed by atoms with Crippen molar-refractivity contribution < 1.29 is 9.53 Å². The number of amidine groups is 1. The van der Waals surface area contributed by atoms with Crippen LogP contribution in [0.25, 0.3) is 6.08 Å². The number of benzene rings is 1. The molecule has 2 saturated carbocycles. The molecule has 0 unspecified atom stereocenters. The number of carbonyl (C=O) groups is 1. The second-order valence-corrected chi connectivity index (χ2v) is 9.04. The van der Waals surface area contributed by atoms with Crippen molar-refractivity contribution in [2.75, 3.05) is 18.0 Å². The Morgan fingerprint density at radius 3 is 1.97 bits per heavy atom. The summed E-state index contributed by atoms with van der Waals surface area (Å²) in [5.41, 5.74) is 2.19. The average Bonchev–Trinajstić information content (AvgIpc) is 3.23. The van der Waals surface area contributed by atoms with E-state index in [0.29, 0.717) is 11.8 Å². The average molecular weight is 484 g/mol. The third-order valence-corrected chi connectivity index (χ3v) is 6.96. The molecule has 0 spiro atoms. The van der Waals surface area contributed by atoms with Gasteiger partial charge < -0.3 is 9.64 Å². The molecule has 0 bridgehead atoms. The Bertz CT molecular complexity index is 799. The zero-order valence-electron chi connectivity index (χ0n) is 23.2. The van der Waals surface area contributed by atoms with Crippen LogP contribution in [0, 0.1) is 0 Å². The molecule has 1 aliphatic heterocycles. The van der Waals surface area contributed by atoms with Gasteiger partial charge in [0.2, 0.25) is 0 Å². The lowest BCUT2D eigenvalue weighted by atomic mass is 9.94. The largest absolute Gasteiger partial charge is 0.420 e. The van der Waals surface area contributed by atoms with Gasteiger partial charge in [-0.1, -0.05) is 78.4 Å². The van der Waals surface area contributed by atoms with Gasteiger partial charge in [-0.2, -0.15) is 0 Å². The maximum Gasteiger partial charge on any atom is 0.300 e. The van der Waals surface area contributed by atoms with E-state index < -0.39 is 0 Å². The predicted octanol–water partition coefficient (Wildman–Crippen LogP) is 7.81. The smallest absolute Gasteiger partial charge is 0.300 e. The van der Waals surface area contributed by atoms with Crippen LogP contribution in [0.2, 0.25) is 0 Å². The normalized spacial score (nSPS) is 21.2. The van der Waals surface area contributed by atoms with Crippen molar-refractivity contribution in [1.29, 1.82) is 0 Å². The molecule has 0 aromatic heterocycles. The molecule has 1 saturated heterocycles. The minimum Gasteiger partial charge on any atom is -0.420 e. The van der Waals surface area contributed by atoms with Gasteiger partial charge in [-0.25, -0.2) is 4.99 Å². The van der Waals surface area contributed by atoms with Gasteiger partial charge in [-0.05, 0) is 63.3 Å². The number of aliphatic imine (C=N–C) groups is 1. The van der Waals surface area contributed by atoms with E-state index in [9.17, 15) is 4.79 Å². The van der Waals surface area contributed by atoms with Crippen LogP contribution in [0.15, 0.2) is 35.0 Å². The monoisotopic (exact) mass is 483 g/mol. The molecule has 1 aromatic carbocycles. The van der Waals surface area contributed by atoms with Crippen LogP contribution in [0.3, 0.4) is 0 Å². The van der Waals surface area contributed by atoms with Crippen LogP contribution in [0.5, 0.6) is 0 Å². The fourth-order valence-electron chi connectivity index (χ4n) is 5.13. The molecule has 2 aliphatic carbocycles. The minimum atomic E-state index is -0.0192. The van der Waals surface area contributed by atoms with E-state index in [4.69, 9.17) is 9.73 Å². The third kappa shape index (κ3) is 7.85. The lowest BCUT2D eigenvalue weighted by molar-refractivity contribution is -0.124. The van der Waals surface area contributed by atoms with Crippen molar-refractivity contribution in [3.63, 3.8) is 0 Å². The highest BCUT2D eigenvalue weighted by Crippen LogP contribution is 2.31. The standard InChI is InChI=1S/C26H37N3O2.2C2H6/c1-3-28(4-2)22-17-15-20(16-18-22)19-24-25(30)29(23-13-9-6-10-14-23)26(31-24)27-21-11-7-5-8-12-21;2*1-2/h15-19,21,23H,3-14H2,1-2H3;2*1-2H3/b24-19+,27-26?;;. The summed E-state index contributed by atoms with van der Waals surface area (Å²) in [5.74, 6) is 0.394. The fraction of sp³-hybridized carbons (Fsp3) is 0.667. The topological polar surface area (TPSA) is 45.1 Å². The van der Waals surface area contributed by atoms with E-state index in [1.54, 1.807) is 0 Å². The molecule has 1 aromatic rings. The zero-order valence-corrected chi connectivity index (χ0v) is 23.2. The molecule has 3 aliphatic rings. The molecular formula is C30H49N3O2. The lowest BCUT2D eigenvalue weighted by Gasteiger charge is -2.29. The van der Waals surface area contributed by atoms with Gasteiger partial charge in [0, 0.05) is 24.8 Å². The molecule has 4 rings (SSSR count). The van der Waals surface area contributed by atoms with E-state index in [2.05, 4.69) is 43.0 Å². The van der Waals surface area contributed by atoms with Crippen LogP contribution in [0.4, 0.5) is 5.69 Å². The maximum atomic E-state index is 13.4. The minimum absolute atomic E-state index is 0.0192. The molecule has 0 atom stereocenters. The summed E-state index contributed by atoms with van der Waals surface area (Å²) < 4.78 is 6.14. The summed E-state index contributed by atoms with van der Waals surface area (Å²) in [6, 6.07) is 9.44. The molecule has 196 valence electrons. The van der Waals surface area contributed by atoms with Crippen molar-refractivity contribution in [2.45, 2.75) is 118 Å². The number of nitrogens with zero attached hydrogens (tertiary/aromatic N) is 3. The van der Waals surface area contributed by atoms with Crippen molar-refractivity contribution in [3.05, 3.63) is 35.6 Å². The van der Waals surface area contributed by atoms with Crippen LogP contribution < -0.4 is 4.90 Å². The van der Waals surface area contributed by atoms with E-state index in [0.717, 1.165) is 44.3 Å². The molecular weight excluding hydrogens is 434 g/mol. The Labute approximate surface area is 214 Å². The molecule has 0 N–H and O–H groups in total. The highest BCUT2D eigenvalue weighted by atomic mass is 16.5. The van der Waals surface area contributed by atoms with Crippen LogP contribution in [-0.4, -0.2) is 42.0 Å². The van der Waals surface area contributed by atoms with Crippen molar-refractivity contribution in [1.82, 2.24) is 4.90 Å². The number of ether oxygens (including phenoxy) is 1. The van der Waals surface area contributed by atoms with Gasteiger partial charge in [0.25, 0.3) is 5.91 Å². The van der Waals surface area contributed by atoms with Gasteiger partial charge in [-0.3, -0.25) is 9.69 Å². The second-order valence-electron chi connectivity index (χ2n) is 9.04. The number of hydrogen-bond acceptors (Lipinski definition) is 4. The Kier molecular flexibility index (Phi) is 12.9. The Hall–Kier alpha value is -2.30. The van der Waals surface area contributed by atoms with Crippen molar-refractivity contribution in [2.24, 2.45) is 4.99 Å². The first kappa shape index (κ1) is 28.9. The highest BCUT2D eigenvalue weighted by Gasteiger charge is 2.40. The fourth-order valence-corrected chi connectivity index (χ4v) is 5.13. The van der Waals surface area contributed by atoms with Crippen LogP contribution in [-0.2, 0) is 9.53 Å². The third-order valence-electron chi connectivity index (χ3n) is 6.96. The maximum absolute atomic E-state index is 13.4.